The molecule has 0 aromatic heterocycles. The molecule has 0 fully saturated rings. The molecule has 4 heteroatoms. The number of ketones is 1. The van der Waals surface area contributed by atoms with Crippen LogP contribution in [0.15, 0.2) is 53.0 Å². The second-order valence-corrected chi connectivity index (χ2v) is 4.57. The molecule has 2 aromatic carbocycles. The van der Waals surface area contributed by atoms with Gasteiger partial charge in [0.15, 0.2) is 5.78 Å². The van der Waals surface area contributed by atoms with Gasteiger partial charge in [0.2, 0.25) is 0 Å². The number of hydrogen-bond acceptors (Lipinski definition) is 2. The molecule has 92 valence electrons. The molecule has 0 saturated carbocycles. The van der Waals surface area contributed by atoms with Gasteiger partial charge in [-0.05, 0) is 33.6 Å². The van der Waals surface area contributed by atoms with E-state index in [1.807, 2.05) is 0 Å². The molecule has 1 atom stereocenters. The Morgan fingerprint density at radius 3 is 2.44 bits per heavy atom. The van der Waals surface area contributed by atoms with Crippen LogP contribution >= 0.6 is 15.9 Å². The van der Waals surface area contributed by atoms with Crippen LogP contribution in [0.25, 0.3) is 0 Å². The molecule has 18 heavy (non-hydrogen) atoms. The third kappa shape index (κ3) is 2.49. The summed E-state index contributed by atoms with van der Waals surface area (Å²) in [5.41, 5.74) is 0.616. The van der Waals surface area contributed by atoms with E-state index in [1.54, 1.807) is 30.3 Å². The van der Waals surface area contributed by atoms with Crippen LogP contribution in [-0.4, -0.2) is 10.9 Å². The fourth-order valence-corrected chi connectivity index (χ4v) is 2.09. The van der Waals surface area contributed by atoms with Crippen LogP contribution in [0.2, 0.25) is 0 Å². The predicted octanol–water partition coefficient (Wildman–Crippen LogP) is 3.50. The summed E-state index contributed by atoms with van der Waals surface area (Å²) in [5, 5.41) is 9.96. The molecule has 0 saturated heterocycles. The Hall–Kier alpha value is -1.52. The Morgan fingerprint density at radius 1 is 1.11 bits per heavy atom. The summed E-state index contributed by atoms with van der Waals surface area (Å²) in [6, 6.07) is 12.7. The molecule has 0 amide bonds. The van der Waals surface area contributed by atoms with Crippen molar-refractivity contribution in [2.24, 2.45) is 0 Å². The highest BCUT2D eigenvalue weighted by Gasteiger charge is 2.22. The largest absolute Gasteiger partial charge is 0.380 e. The molecule has 1 unspecified atom stereocenters. The predicted molar refractivity (Wildman–Crippen MR) is 69.8 cm³/mol. The first kappa shape index (κ1) is 12.9. The van der Waals surface area contributed by atoms with Gasteiger partial charge in [0.1, 0.15) is 11.9 Å². The highest BCUT2D eigenvalue weighted by atomic mass is 79.9. The van der Waals surface area contributed by atoms with Gasteiger partial charge in [-0.25, -0.2) is 4.39 Å². The van der Waals surface area contributed by atoms with Gasteiger partial charge in [-0.2, -0.15) is 0 Å². The monoisotopic (exact) mass is 308 g/mol. The zero-order valence-electron chi connectivity index (χ0n) is 9.31. The number of aliphatic hydroxyl groups is 1. The Bertz CT molecular complexity index is 569. The summed E-state index contributed by atoms with van der Waals surface area (Å²) < 4.78 is 13.4. The van der Waals surface area contributed by atoms with E-state index in [1.165, 1.54) is 18.2 Å². The Balaban J connectivity index is 2.35. The van der Waals surface area contributed by atoms with Crippen LogP contribution in [0.1, 0.15) is 22.0 Å². The molecule has 0 spiro atoms. The van der Waals surface area contributed by atoms with Crippen molar-refractivity contribution in [3.8, 4) is 0 Å². The van der Waals surface area contributed by atoms with Gasteiger partial charge in [-0.15, -0.1) is 0 Å². The highest BCUT2D eigenvalue weighted by Crippen LogP contribution is 2.25. The van der Waals surface area contributed by atoms with Crippen LogP contribution in [0.3, 0.4) is 0 Å². The van der Waals surface area contributed by atoms with Crippen molar-refractivity contribution in [1.29, 1.82) is 0 Å². The maximum Gasteiger partial charge on any atom is 0.197 e. The zero-order chi connectivity index (χ0) is 13.1. The van der Waals surface area contributed by atoms with Crippen molar-refractivity contribution in [3.63, 3.8) is 0 Å². The van der Waals surface area contributed by atoms with E-state index in [4.69, 9.17) is 0 Å². The molecule has 2 rings (SSSR count). The standard InChI is InChI=1S/C14H10BrFO2/c15-12-10(7-4-8-11(12)16)14(18)13(17)9-5-2-1-3-6-9/h1-8,13,17H. The van der Waals surface area contributed by atoms with Crippen molar-refractivity contribution >= 4 is 21.7 Å². The first-order valence-corrected chi connectivity index (χ1v) is 6.12. The van der Waals surface area contributed by atoms with E-state index in [0.717, 1.165) is 0 Å². The minimum absolute atomic E-state index is 0.0741. The SMILES string of the molecule is O=C(c1cccc(F)c1Br)C(O)c1ccccc1. The van der Waals surface area contributed by atoms with Gasteiger partial charge in [-0.1, -0.05) is 36.4 Å². The van der Waals surface area contributed by atoms with E-state index in [0.29, 0.717) is 5.56 Å². The van der Waals surface area contributed by atoms with Crippen LogP contribution in [0, 0.1) is 5.82 Å². The molecule has 0 bridgehead atoms. The molecule has 0 aliphatic carbocycles. The van der Waals surface area contributed by atoms with E-state index >= 15 is 0 Å². The lowest BCUT2D eigenvalue weighted by Gasteiger charge is -2.11. The quantitative estimate of drug-likeness (QED) is 0.881. The number of rotatable bonds is 3. The smallest absolute Gasteiger partial charge is 0.197 e. The van der Waals surface area contributed by atoms with Crippen molar-refractivity contribution in [1.82, 2.24) is 0 Å². The van der Waals surface area contributed by atoms with Crippen molar-refractivity contribution in [2.45, 2.75) is 6.10 Å². The second-order valence-electron chi connectivity index (χ2n) is 3.78. The Morgan fingerprint density at radius 2 is 1.78 bits per heavy atom. The van der Waals surface area contributed by atoms with Gasteiger partial charge < -0.3 is 5.11 Å². The maximum absolute atomic E-state index is 13.3. The minimum Gasteiger partial charge on any atom is -0.380 e. The molecule has 2 aromatic rings. The zero-order valence-corrected chi connectivity index (χ0v) is 10.9. The third-order valence-electron chi connectivity index (χ3n) is 2.58. The summed E-state index contributed by atoms with van der Waals surface area (Å²) in [6.45, 7) is 0. The van der Waals surface area contributed by atoms with Crippen molar-refractivity contribution in [3.05, 3.63) is 69.9 Å². The van der Waals surface area contributed by atoms with E-state index in [-0.39, 0.29) is 10.0 Å². The first-order valence-electron chi connectivity index (χ1n) is 5.32. The van der Waals surface area contributed by atoms with Crippen LogP contribution in [0.5, 0.6) is 0 Å². The highest BCUT2D eigenvalue weighted by molar-refractivity contribution is 9.10. The van der Waals surface area contributed by atoms with E-state index in [2.05, 4.69) is 15.9 Å². The number of carbonyl (C=O) groups excluding carboxylic acids is 1. The Kier molecular flexibility index (Phi) is 3.89. The Labute approximate surface area is 112 Å². The molecular weight excluding hydrogens is 299 g/mol. The lowest BCUT2D eigenvalue weighted by atomic mass is 10.00. The fraction of sp³-hybridized carbons (Fsp3) is 0.0714. The first-order chi connectivity index (χ1) is 8.61. The van der Waals surface area contributed by atoms with Gasteiger partial charge in [0.25, 0.3) is 0 Å². The number of aliphatic hydroxyl groups excluding tert-OH is 1. The molecule has 0 radical (unpaired) electrons. The van der Waals surface area contributed by atoms with E-state index < -0.39 is 17.7 Å². The van der Waals surface area contributed by atoms with Crippen LogP contribution < -0.4 is 0 Å². The van der Waals surface area contributed by atoms with Gasteiger partial charge >= 0.3 is 0 Å². The summed E-state index contributed by atoms with van der Waals surface area (Å²) in [5.74, 6) is -1.06. The normalized spacial score (nSPS) is 12.2. The minimum atomic E-state index is -1.29. The molecule has 0 aliphatic heterocycles. The third-order valence-corrected chi connectivity index (χ3v) is 3.39. The lowest BCUT2D eigenvalue weighted by Crippen LogP contribution is -2.13. The van der Waals surface area contributed by atoms with Crippen molar-refractivity contribution < 1.29 is 14.3 Å². The second kappa shape index (κ2) is 5.42. The number of halogens is 2. The average Bonchev–Trinajstić information content (AvgIpc) is 2.41. The molecule has 0 aliphatic rings. The molecule has 2 nitrogen and oxygen atoms in total. The summed E-state index contributed by atoms with van der Waals surface area (Å²) in [4.78, 5) is 12.1. The summed E-state index contributed by atoms with van der Waals surface area (Å²) in [6.07, 6.45) is -1.29. The average molecular weight is 309 g/mol. The number of Topliss-reactive ketones (excluding diaryl/α,β-unsaturated/α-hetero) is 1. The topological polar surface area (TPSA) is 37.3 Å². The number of hydrogen-bond donors (Lipinski definition) is 1. The fourth-order valence-electron chi connectivity index (χ4n) is 1.63. The van der Waals surface area contributed by atoms with Crippen LogP contribution in [0.4, 0.5) is 4.39 Å². The maximum atomic E-state index is 13.3. The van der Waals surface area contributed by atoms with E-state index in [9.17, 15) is 14.3 Å². The molecule has 1 N–H and O–H groups in total. The molecule has 0 heterocycles. The summed E-state index contributed by atoms with van der Waals surface area (Å²) in [7, 11) is 0. The van der Waals surface area contributed by atoms with Gasteiger partial charge in [-0.3, -0.25) is 4.79 Å². The van der Waals surface area contributed by atoms with Gasteiger partial charge in [0, 0.05) is 5.56 Å². The van der Waals surface area contributed by atoms with Crippen LogP contribution in [-0.2, 0) is 0 Å². The lowest BCUT2D eigenvalue weighted by molar-refractivity contribution is 0.0746. The van der Waals surface area contributed by atoms with Crippen molar-refractivity contribution in [2.75, 3.05) is 0 Å². The number of benzene rings is 2. The molecular formula is C14H10BrFO2. The van der Waals surface area contributed by atoms with Gasteiger partial charge in [0.05, 0.1) is 4.47 Å². The summed E-state index contributed by atoms with van der Waals surface area (Å²) >= 11 is 3.01. The number of carbonyl (C=O) groups is 1.